The van der Waals surface area contributed by atoms with Gasteiger partial charge in [0.1, 0.15) is 9.96 Å². The van der Waals surface area contributed by atoms with E-state index in [1.807, 2.05) is 32.0 Å². The van der Waals surface area contributed by atoms with E-state index in [0.29, 0.717) is 28.8 Å². The Bertz CT molecular complexity index is 1170. The molecule has 1 aromatic carbocycles. The first kappa shape index (κ1) is 19.9. The Balaban J connectivity index is 1.60. The second kappa shape index (κ2) is 7.77. The number of fused-ring (bicyclic) bond motifs is 1. The lowest BCUT2D eigenvalue weighted by atomic mass is 10.1. The molecule has 0 radical (unpaired) electrons. The summed E-state index contributed by atoms with van der Waals surface area (Å²) in [5.41, 5.74) is 2.11. The number of nitrogens with one attached hydrogen (secondary N) is 1. The van der Waals surface area contributed by atoms with Crippen molar-refractivity contribution in [1.82, 2.24) is 4.98 Å². The van der Waals surface area contributed by atoms with Crippen LogP contribution >= 0.6 is 22.7 Å². The van der Waals surface area contributed by atoms with Crippen molar-refractivity contribution < 1.29 is 17.9 Å². The van der Waals surface area contributed by atoms with Crippen LogP contribution in [0.1, 0.15) is 18.7 Å². The smallest absolute Gasteiger partial charge is 0.273 e. The summed E-state index contributed by atoms with van der Waals surface area (Å²) >= 11 is 2.47. The average molecular weight is 450 g/mol. The molecular weight excluding hydrogens is 430 g/mol. The zero-order valence-electron chi connectivity index (χ0n) is 15.8. The van der Waals surface area contributed by atoms with Crippen molar-refractivity contribution in [2.45, 2.75) is 24.5 Å². The van der Waals surface area contributed by atoms with E-state index in [-0.39, 0.29) is 16.7 Å². The first-order valence-corrected chi connectivity index (χ1v) is 12.2. The molecule has 1 aliphatic heterocycles. The first-order chi connectivity index (χ1) is 13.9. The number of hydrogen-bond acceptors (Lipinski definition) is 7. The quantitative estimate of drug-likeness (QED) is 0.615. The molecule has 0 spiro atoms. The summed E-state index contributed by atoms with van der Waals surface area (Å²) in [5.74, 6) is 0.557. The number of hydrogen-bond donors (Lipinski definition) is 1. The first-order valence-electron chi connectivity index (χ1n) is 9.06. The predicted molar refractivity (Wildman–Crippen MR) is 116 cm³/mol. The summed E-state index contributed by atoms with van der Waals surface area (Å²) in [5, 5.41) is 2.08. The number of benzene rings is 1. The number of ether oxygens (including phenoxy) is 1. The maximum absolute atomic E-state index is 12.6. The molecule has 0 saturated carbocycles. The highest BCUT2D eigenvalue weighted by atomic mass is 32.2. The Labute approximate surface area is 177 Å². The number of likely N-dealkylation sites (N-methyl/N-ethyl adjacent to an activating group) is 1. The van der Waals surface area contributed by atoms with Crippen LogP contribution in [-0.4, -0.2) is 32.5 Å². The van der Waals surface area contributed by atoms with Crippen LogP contribution in [0.3, 0.4) is 0 Å². The summed E-state index contributed by atoms with van der Waals surface area (Å²) in [6.07, 6.45) is 0.793. The Hall–Kier alpha value is -2.43. The van der Waals surface area contributed by atoms with E-state index >= 15 is 0 Å². The number of aryl methyl sites for hydroxylation is 1. The fraction of sp³-hybridized carbons (Fsp3) is 0.263. The molecule has 3 aromatic rings. The molecule has 0 unspecified atom stereocenters. The van der Waals surface area contributed by atoms with Gasteiger partial charge in [-0.3, -0.25) is 9.52 Å². The molecule has 0 bridgehead atoms. The molecule has 1 N–H and O–H groups in total. The monoisotopic (exact) mass is 449 g/mol. The molecule has 4 rings (SSSR count). The molecule has 0 fully saturated rings. The lowest BCUT2D eigenvalue weighted by Crippen LogP contribution is -2.38. The summed E-state index contributed by atoms with van der Waals surface area (Å²) in [4.78, 5) is 19.2. The van der Waals surface area contributed by atoms with Crippen molar-refractivity contribution in [1.29, 1.82) is 0 Å². The summed E-state index contributed by atoms with van der Waals surface area (Å²) in [6, 6.07) is 8.93. The van der Waals surface area contributed by atoms with Crippen LogP contribution in [0.5, 0.6) is 5.75 Å². The Morgan fingerprint density at radius 3 is 2.79 bits per heavy atom. The highest BCUT2D eigenvalue weighted by Gasteiger charge is 2.25. The van der Waals surface area contributed by atoms with E-state index < -0.39 is 10.0 Å². The predicted octanol–water partition coefficient (Wildman–Crippen LogP) is 3.98. The second-order valence-electron chi connectivity index (χ2n) is 6.33. The van der Waals surface area contributed by atoms with E-state index in [1.54, 1.807) is 22.4 Å². The van der Waals surface area contributed by atoms with Gasteiger partial charge in [-0.05, 0) is 43.7 Å². The molecule has 0 saturated heterocycles. The van der Waals surface area contributed by atoms with E-state index in [9.17, 15) is 13.2 Å². The van der Waals surface area contributed by atoms with Crippen LogP contribution in [0.2, 0.25) is 0 Å². The molecule has 0 atom stereocenters. The number of thiophene rings is 1. The minimum atomic E-state index is -3.66. The zero-order valence-corrected chi connectivity index (χ0v) is 18.3. The Morgan fingerprint density at radius 1 is 1.24 bits per heavy atom. The number of carbonyl (C=O) groups excluding carboxylic acids is 1. The normalized spacial score (nSPS) is 13.9. The highest BCUT2D eigenvalue weighted by molar-refractivity contribution is 7.94. The topological polar surface area (TPSA) is 88.6 Å². The maximum Gasteiger partial charge on any atom is 0.273 e. The lowest BCUT2D eigenvalue weighted by molar-refractivity contribution is -0.121. The van der Waals surface area contributed by atoms with Crippen molar-refractivity contribution in [3.63, 3.8) is 0 Å². The van der Waals surface area contributed by atoms with Crippen molar-refractivity contribution in [2.75, 3.05) is 22.8 Å². The minimum Gasteiger partial charge on any atom is -0.482 e. The lowest BCUT2D eigenvalue weighted by Gasteiger charge is -2.28. The third kappa shape index (κ3) is 3.87. The van der Waals surface area contributed by atoms with Gasteiger partial charge in [0.25, 0.3) is 15.9 Å². The van der Waals surface area contributed by atoms with Crippen LogP contribution in [0.25, 0.3) is 11.3 Å². The van der Waals surface area contributed by atoms with Gasteiger partial charge >= 0.3 is 0 Å². The summed E-state index contributed by atoms with van der Waals surface area (Å²) < 4.78 is 33.5. The summed E-state index contributed by atoms with van der Waals surface area (Å²) in [7, 11) is -3.66. The molecule has 1 amide bonds. The van der Waals surface area contributed by atoms with Crippen LogP contribution in [0, 0.1) is 0 Å². The van der Waals surface area contributed by atoms with Gasteiger partial charge in [-0.25, -0.2) is 13.4 Å². The van der Waals surface area contributed by atoms with Crippen molar-refractivity contribution in [3.8, 4) is 17.0 Å². The van der Waals surface area contributed by atoms with Gasteiger partial charge in [-0.15, -0.1) is 22.7 Å². The van der Waals surface area contributed by atoms with Crippen molar-refractivity contribution in [3.05, 3.63) is 40.6 Å². The summed E-state index contributed by atoms with van der Waals surface area (Å²) in [6.45, 7) is 4.47. The van der Waals surface area contributed by atoms with E-state index in [0.717, 1.165) is 16.9 Å². The molecule has 152 valence electrons. The molecule has 10 heteroatoms. The number of carbonyl (C=O) groups is 1. The number of aromatic nitrogens is 1. The highest BCUT2D eigenvalue weighted by Crippen LogP contribution is 2.37. The number of sulfonamides is 1. The standard InChI is InChI=1S/C19H19N3O4S3/c1-3-13-6-8-18(28-13)29(24,25)21-19-20-14(11-27-19)12-5-7-16-15(9-12)22(4-2)17(23)10-26-16/h5-9,11H,3-4,10H2,1-2H3,(H,20,21). The fourth-order valence-electron chi connectivity index (χ4n) is 3.02. The third-order valence-electron chi connectivity index (χ3n) is 4.49. The number of anilines is 2. The van der Waals surface area contributed by atoms with Gasteiger partial charge in [0.2, 0.25) is 0 Å². The molecule has 3 heterocycles. The Kier molecular flexibility index (Phi) is 5.32. The zero-order chi connectivity index (χ0) is 20.6. The van der Waals surface area contributed by atoms with Gasteiger partial charge in [0, 0.05) is 22.4 Å². The van der Waals surface area contributed by atoms with Gasteiger partial charge < -0.3 is 9.64 Å². The molecular formula is C19H19N3O4S3. The van der Waals surface area contributed by atoms with Gasteiger partial charge in [0.05, 0.1) is 11.4 Å². The van der Waals surface area contributed by atoms with Gasteiger partial charge in [-0.2, -0.15) is 0 Å². The van der Waals surface area contributed by atoms with E-state index in [2.05, 4.69) is 9.71 Å². The molecule has 7 nitrogen and oxygen atoms in total. The largest absolute Gasteiger partial charge is 0.482 e. The SMILES string of the molecule is CCc1ccc(S(=O)(=O)Nc2nc(-c3ccc4c(c3)N(CC)C(=O)CO4)cs2)s1. The van der Waals surface area contributed by atoms with Crippen molar-refractivity contribution >= 4 is 49.4 Å². The van der Waals surface area contributed by atoms with Crippen LogP contribution < -0.4 is 14.4 Å². The molecule has 2 aromatic heterocycles. The second-order valence-corrected chi connectivity index (χ2v) is 10.3. The average Bonchev–Trinajstić information content (AvgIpc) is 3.37. The molecule has 29 heavy (non-hydrogen) atoms. The van der Waals surface area contributed by atoms with Crippen molar-refractivity contribution in [2.24, 2.45) is 0 Å². The van der Waals surface area contributed by atoms with Gasteiger partial charge in [0.15, 0.2) is 11.7 Å². The minimum absolute atomic E-state index is 0.0330. The number of amides is 1. The third-order valence-corrected chi connectivity index (χ3v) is 8.44. The number of thiazole rings is 1. The van der Waals surface area contributed by atoms with E-state index in [1.165, 1.54) is 22.7 Å². The van der Waals surface area contributed by atoms with Gasteiger partial charge in [-0.1, -0.05) is 6.92 Å². The van der Waals surface area contributed by atoms with Crippen LogP contribution in [0.15, 0.2) is 39.9 Å². The molecule has 0 aliphatic carbocycles. The van der Waals surface area contributed by atoms with Crippen LogP contribution in [-0.2, 0) is 21.2 Å². The number of rotatable bonds is 6. The Morgan fingerprint density at radius 2 is 2.07 bits per heavy atom. The number of nitrogens with zero attached hydrogens (tertiary/aromatic N) is 2. The fourth-order valence-corrected chi connectivity index (χ4v) is 6.29. The maximum atomic E-state index is 12.6. The van der Waals surface area contributed by atoms with Crippen LogP contribution in [0.4, 0.5) is 10.8 Å². The molecule has 1 aliphatic rings. The van der Waals surface area contributed by atoms with E-state index in [4.69, 9.17) is 4.74 Å².